The SMILES string of the molecule is Cc1c(NC(=O)CC#N)cccc1-c1nncn1C. The van der Waals surface area contributed by atoms with Crippen molar-refractivity contribution in [3.63, 3.8) is 0 Å². The summed E-state index contributed by atoms with van der Waals surface area (Å²) in [4.78, 5) is 11.5. The van der Waals surface area contributed by atoms with E-state index in [-0.39, 0.29) is 12.3 Å². The smallest absolute Gasteiger partial charge is 0.238 e. The molecule has 1 amide bonds. The number of aromatic nitrogens is 3. The summed E-state index contributed by atoms with van der Waals surface area (Å²) >= 11 is 0. The van der Waals surface area contributed by atoms with Gasteiger partial charge in [0.2, 0.25) is 5.91 Å². The van der Waals surface area contributed by atoms with Gasteiger partial charge < -0.3 is 9.88 Å². The summed E-state index contributed by atoms with van der Waals surface area (Å²) in [5.41, 5.74) is 2.47. The van der Waals surface area contributed by atoms with E-state index in [1.807, 2.05) is 36.7 Å². The first-order valence-corrected chi connectivity index (χ1v) is 5.74. The number of benzene rings is 1. The normalized spacial score (nSPS) is 9.95. The van der Waals surface area contributed by atoms with Gasteiger partial charge in [-0.15, -0.1) is 10.2 Å². The molecule has 96 valence electrons. The second-order valence-electron chi connectivity index (χ2n) is 4.13. The van der Waals surface area contributed by atoms with Gasteiger partial charge in [0, 0.05) is 18.3 Å². The van der Waals surface area contributed by atoms with Gasteiger partial charge >= 0.3 is 0 Å². The first-order valence-electron chi connectivity index (χ1n) is 5.74. The number of amides is 1. The average molecular weight is 255 g/mol. The molecule has 2 aromatic rings. The van der Waals surface area contributed by atoms with Crippen molar-refractivity contribution in [3.05, 3.63) is 30.1 Å². The first-order chi connectivity index (χ1) is 9.13. The summed E-state index contributed by atoms with van der Waals surface area (Å²) in [6, 6.07) is 7.36. The Labute approximate surface area is 110 Å². The minimum atomic E-state index is -0.319. The van der Waals surface area contributed by atoms with Crippen molar-refractivity contribution in [1.29, 1.82) is 5.26 Å². The van der Waals surface area contributed by atoms with Gasteiger partial charge in [0.05, 0.1) is 6.07 Å². The molecular weight excluding hydrogens is 242 g/mol. The van der Waals surface area contributed by atoms with Crippen LogP contribution in [0.2, 0.25) is 0 Å². The molecule has 0 radical (unpaired) electrons. The summed E-state index contributed by atoms with van der Waals surface area (Å²) in [5.74, 6) is 0.412. The molecule has 0 bridgehead atoms. The fraction of sp³-hybridized carbons (Fsp3) is 0.231. The molecule has 0 aliphatic heterocycles. The van der Waals surface area contributed by atoms with Gasteiger partial charge in [-0.1, -0.05) is 12.1 Å². The Kier molecular flexibility index (Phi) is 3.57. The third kappa shape index (κ3) is 2.60. The van der Waals surface area contributed by atoms with Crippen molar-refractivity contribution in [2.45, 2.75) is 13.3 Å². The maximum absolute atomic E-state index is 11.5. The number of carbonyl (C=O) groups is 1. The maximum Gasteiger partial charge on any atom is 0.238 e. The summed E-state index contributed by atoms with van der Waals surface area (Å²) in [6.07, 6.45) is 1.46. The molecule has 0 aliphatic rings. The zero-order valence-electron chi connectivity index (χ0n) is 10.7. The third-order valence-electron chi connectivity index (χ3n) is 2.80. The molecule has 2 rings (SSSR count). The first kappa shape index (κ1) is 12.8. The summed E-state index contributed by atoms with van der Waals surface area (Å²) in [7, 11) is 1.86. The van der Waals surface area contributed by atoms with Gasteiger partial charge in [0.15, 0.2) is 5.82 Å². The van der Waals surface area contributed by atoms with Crippen LogP contribution in [-0.2, 0) is 11.8 Å². The van der Waals surface area contributed by atoms with E-state index in [0.717, 1.165) is 17.0 Å². The standard InChI is InChI=1S/C13H13N5O/c1-9-10(13-17-15-8-18(13)2)4-3-5-11(9)16-12(19)6-7-14/h3-5,8H,6H2,1-2H3,(H,16,19). The molecule has 1 heterocycles. The van der Waals surface area contributed by atoms with E-state index < -0.39 is 0 Å². The van der Waals surface area contributed by atoms with Crippen LogP contribution >= 0.6 is 0 Å². The monoisotopic (exact) mass is 255 g/mol. The maximum atomic E-state index is 11.5. The summed E-state index contributed by atoms with van der Waals surface area (Å²) < 4.78 is 1.81. The lowest BCUT2D eigenvalue weighted by Crippen LogP contribution is -2.11. The number of nitrogens with zero attached hydrogens (tertiary/aromatic N) is 4. The molecule has 0 aliphatic carbocycles. The van der Waals surface area contributed by atoms with E-state index in [1.165, 1.54) is 0 Å². The predicted molar refractivity (Wildman–Crippen MR) is 70.0 cm³/mol. The number of anilines is 1. The highest BCUT2D eigenvalue weighted by atomic mass is 16.1. The van der Waals surface area contributed by atoms with Crippen LogP contribution < -0.4 is 5.32 Å². The molecule has 19 heavy (non-hydrogen) atoms. The van der Waals surface area contributed by atoms with Crippen LogP contribution in [0.3, 0.4) is 0 Å². The fourth-order valence-electron chi connectivity index (χ4n) is 1.81. The lowest BCUT2D eigenvalue weighted by atomic mass is 10.1. The van der Waals surface area contributed by atoms with Crippen molar-refractivity contribution in [3.8, 4) is 17.5 Å². The highest BCUT2D eigenvalue weighted by molar-refractivity contribution is 5.93. The number of nitriles is 1. The minimum Gasteiger partial charge on any atom is -0.325 e. The van der Waals surface area contributed by atoms with Crippen molar-refractivity contribution >= 4 is 11.6 Å². The predicted octanol–water partition coefficient (Wildman–Crippen LogP) is 1.64. The number of rotatable bonds is 3. The van der Waals surface area contributed by atoms with Crippen LogP contribution in [0.1, 0.15) is 12.0 Å². The van der Waals surface area contributed by atoms with Crippen LogP contribution in [0, 0.1) is 18.3 Å². The quantitative estimate of drug-likeness (QED) is 0.903. The zero-order chi connectivity index (χ0) is 13.8. The molecule has 0 spiro atoms. The molecule has 1 aromatic carbocycles. The molecule has 0 saturated carbocycles. The topological polar surface area (TPSA) is 83.6 Å². The van der Waals surface area contributed by atoms with Gasteiger partial charge in [-0.3, -0.25) is 4.79 Å². The lowest BCUT2D eigenvalue weighted by molar-refractivity contribution is -0.115. The van der Waals surface area contributed by atoms with E-state index in [1.54, 1.807) is 12.4 Å². The number of hydrogen-bond donors (Lipinski definition) is 1. The van der Waals surface area contributed by atoms with Gasteiger partial charge in [0.1, 0.15) is 12.7 Å². The second-order valence-corrected chi connectivity index (χ2v) is 4.13. The molecule has 1 N–H and O–H groups in total. The van der Waals surface area contributed by atoms with E-state index in [2.05, 4.69) is 15.5 Å². The Hall–Kier alpha value is -2.68. The van der Waals surface area contributed by atoms with Gasteiger partial charge in [-0.2, -0.15) is 5.26 Å². The number of aryl methyl sites for hydroxylation is 1. The van der Waals surface area contributed by atoms with Gasteiger partial charge in [-0.25, -0.2) is 0 Å². The van der Waals surface area contributed by atoms with E-state index in [0.29, 0.717) is 5.69 Å². The highest BCUT2D eigenvalue weighted by Gasteiger charge is 2.12. The van der Waals surface area contributed by atoms with Crippen LogP contribution in [0.5, 0.6) is 0 Å². The summed E-state index contributed by atoms with van der Waals surface area (Å²) in [6.45, 7) is 1.89. The Morgan fingerprint density at radius 3 is 2.95 bits per heavy atom. The van der Waals surface area contributed by atoms with E-state index in [4.69, 9.17) is 5.26 Å². The zero-order valence-corrected chi connectivity index (χ0v) is 10.7. The second kappa shape index (κ2) is 5.31. The Morgan fingerprint density at radius 1 is 1.53 bits per heavy atom. The Balaban J connectivity index is 2.37. The van der Waals surface area contributed by atoms with Crippen LogP contribution in [0.25, 0.3) is 11.4 Å². The van der Waals surface area contributed by atoms with Crippen LogP contribution in [0.15, 0.2) is 24.5 Å². The Morgan fingerprint density at radius 2 is 2.32 bits per heavy atom. The fourth-order valence-corrected chi connectivity index (χ4v) is 1.81. The van der Waals surface area contributed by atoms with Gasteiger partial charge in [0.25, 0.3) is 0 Å². The van der Waals surface area contributed by atoms with E-state index in [9.17, 15) is 4.79 Å². The molecule has 0 saturated heterocycles. The van der Waals surface area contributed by atoms with Crippen molar-refractivity contribution < 1.29 is 4.79 Å². The van der Waals surface area contributed by atoms with E-state index >= 15 is 0 Å². The van der Waals surface area contributed by atoms with Crippen molar-refractivity contribution in [1.82, 2.24) is 14.8 Å². The van der Waals surface area contributed by atoms with Gasteiger partial charge in [-0.05, 0) is 18.6 Å². The molecule has 1 aromatic heterocycles. The number of hydrogen-bond acceptors (Lipinski definition) is 4. The summed E-state index contributed by atoms with van der Waals surface area (Å²) in [5, 5.41) is 19.1. The molecular formula is C13H13N5O. The lowest BCUT2D eigenvalue weighted by Gasteiger charge is -2.11. The number of carbonyl (C=O) groups excluding carboxylic acids is 1. The molecule has 0 unspecified atom stereocenters. The molecule has 0 fully saturated rings. The third-order valence-corrected chi connectivity index (χ3v) is 2.80. The average Bonchev–Trinajstić information content (AvgIpc) is 2.78. The van der Waals surface area contributed by atoms with Crippen molar-refractivity contribution in [2.75, 3.05) is 5.32 Å². The largest absolute Gasteiger partial charge is 0.325 e. The van der Waals surface area contributed by atoms with Crippen LogP contribution in [-0.4, -0.2) is 20.7 Å². The number of nitrogens with one attached hydrogen (secondary N) is 1. The molecule has 0 atom stereocenters. The minimum absolute atomic E-state index is 0.159. The molecule has 6 heteroatoms. The highest BCUT2D eigenvalue weighted by Crippen LogP contribution is 2.26. The van der Waals surface area contributed by atoms with Crippen LogP contribution in [0.4, 0.5) is 5.69 Å². The Bertz CT molecular complexity index is 653. The van der Waals surface area contributed by atoms with Crippen molar-refractivity contribution in [2.24, 2.45) is 7.05 Å². The molecule has 6 nitrogen and oxygen atoms in total.